The van der Waals surface area contributed by atoms with Crippen molar-refractivity contribution in [2.45, 2.75) is 6.43 Å². The van der Waals surface area contributed by atoms with Gasteiger partial charge in [-0.2, -0.15) is 5.26 Å². The zero-order valence-electron chi connectivity index (χ0n) is 7.09. The van der Waals surface area contributed by atoms with Crippen molar-refractivity contribution in [2.24, 2.45) is 0 Å². The molecular formula is C8H5BrF2N2O. The van der Waals surface area contributed by atoms with E-state index in [1.165, 1.54) is 7.11 Å². The first-order chi connectivity index (χ1) is 6.60. The average molecular weight is 263 g/mol. The second kappa shape index (κ2) is 4.33. The van der Waals surface area contributed by atoms with Gasteiger partial charge in [-0.25, -0.2) is 13.8 Å². The first-order valence-corrected chi connectivity index (χ1v) is 4.32. The Morgan fingerprint density at radius 1 is 1.64 bits per heavy atom. The molecule has 0 N–H and O–H groups in total. The molecule has 1 rings (SSSR count). The van der Waals surface area contributed by atoms with Gasteiger partial charge < -0.3 is 4.74 Å². The lowest BCUT2D eigenvalue weighted by Crippen LogP contribution is -1.97. The molecular weight excluding hydrogens is 258 g/mol. The van der Waals surface area contributed by atoms with Gasteiger partial charge in [0.1, 0.15) is 10.7 Å². The van der Waals surface area contributed by atoms with E-state index in [1.807, 2.05) is 0 Å². The molecule has 1 aromatic rings. The van der Waals surface area contributed by atoms with Crippen molar-refractivity contribution < 1.29 is 13.5 Å². The van der Waals surface area contributed by atoms with Gasteiger partial charge in [-0.15, -0.1) is 0 Å². The Hall–Kier alpha value is -1.22. The first kappa shape index (κ1) is 10.9. The molecule has 0 aromatic carbocycles. The standard InChI is InChI=1S/C8H5BrF2N2O/c1-14-6-2-4(8(10)11)5(3-12)13-7(6)9/h2,8H,1H3. The van der Waals surface area contributed by atoms with E-state index in [9.17, 15) is 8.78 Å². The van der Waals surface area contributed by atoms with Gasteiger partial charge in [-0.3, -0.25) is 0 Å². The summed E-state index contributed by atoms with van der Waals surface area (Å²) in [6.07, 6.45) is -2.74. The van der Waals surface area contributed by atoms with Crippen molar-refractivity contribution in [3.63, 3.8) is 0 Å². The van der Waals surface area contributed by atoms with Crippen LogP contribution in [0.5, 0.6) is 5.75 Å². The van der Waals surface area contributed by atoms with Crippen LogP contribution in [0, 0.1) is 11.3 Å². The van der Waals surface area contributed by atoms with Crippen LogP contribution in [0.25, 0.3) is 0 Å². The minimum atomic E-state index is -2.74. The normalized spacial score (nSPS) is 10.0. The van der Waals surface area contributed by atoms with Gasteiger partial charge in [-0.05, 0) is 22.0 Å². The molecule has 0 spiro atoms. The second-order valence-corrected chi connectivity index (χ2v) is 3.08. The van der Waals surface area contributed by atoms with E-state index >= 15 is 0 Å². The molecule has 6 heteroatoms. The maximum absolute atomic E-state index is 12.4. The van der Waals surface area contributed by atoms with Gasteiger partial charge in [0.25, 0.3) is 6.43 Å². The fourth-order valence-electron chi connectivity index (χ4n) is 0.886. The average Bonchev–Trinajstić information content (AvgIpc) is 2.16. The number of halogens is 3. The maximum atomic E-state index is 12.4. The topological polar surface area (TPSA) is 45.9 Å². The Kier molecular flexibility index (Phi) is 3.36. The number of alkyl halides is 2. The van der Waals surface area contributed by atoms with Gasteiger partial charge in [0.15, 0.2) is 11.4 Å². The van der Waals surface area contributed by atoms with Gasteiger partial charge >= 0.3 is 0 Å². The van der Waals surface area contributed by atoms with E-state index in [0.717, 1.165) is 6.07 Å². The third-order valence-electron chi connectivity index (χ3n) is 1.53. The Balaban J connectivity index is 3.34. The van der Waals surface area contributed by atoms with Crippen molar-refractivity contribution in [3.8, 4) is 11.8 Å². The SMILES string of the molecule is COc1cc(C(F)F)c(C#N)nc1Br. The molecule has 0 unspecified atom stereocenters. The van der Waals surface area contributed by atoms with Gasteiger partial charge in [0, 0.05) is 0 Å². The number of nitrogens with zero attached hydrogens (tertiary/aromatic N) is 2. The quantitative estimate of drug-likeness (QED) is 0.770. The summed E-state index contributed by atoms with van der Waals surface area (Å²) in [6, 6.07) is 2.69. The molecule has 14 heavy (non-hydrogen) atoms. The molecule has 0 bridgehead atoms. The summed E-state index contributed by atoms with van der Waals surface area (Å²) in [7, 11) is 1.34. The maximum Gasteiger partial charge on any atom is 0.266 e. The van der Waals surface area contributed by atoms with E-state index in [2.05, 4.69) is 20.9 Å². The van der Waals surface area contributed by atoms with Gasteiger partial charge in [-0.1, -0.05) is 0 Å². The highest BCUT2D eigenvalue weighted by atomic mass is 79.9. The Bertz CT molecular complexity index is 390. The van der Waals surface area contributed by atoms with Crippen LogP contribution in [-0.4, -0.2) is 12.1 Å². The zero-order chi connectivity index (χ0) is 10.7. The molecule has 1 aromatic heterocycles. The van der Waals surface area contributed by atoms with Crippen molar-refractivity contribution in [1.29, 1.82) is 5.26 Å². The highest BCUT2D eigenvalue weighted by molar-refractivity contribution is 9.10. The third-order valence-corrected chi connectivity index (χ3v) is 2.10. The fourth-order valence-corrected chi connectivity index (χ4v) is 1.34. The van der Waals surface area contributed by atoms with Crippen LogP contribution in [0.1, 0.15) is 17.7 Å². The summed E-state index contributed by atoms with van der Waals surface area (Å²) in [5.74, 6) is 0.180. The van der Waals surface area contributed by atoms with Crippen LogP contribution in [-0.2, 0) is 0 Å². The Labute approximate surface area is 87.5 Å². The smallest absolute Gasteiger partial charge is 0.266 e. The summed E-state index contributed by atoms with van der Waals surface area (Å²) in [5.41, 5.74) is -0.722. The van der Waals surface area contributed by atoms with Crippen molar-refractivity contribution in [3.05, 3.63) is 21.9 Å². The summed E-state index contributed by atoms with van der Waals surface area (Å²) >= 11 is 3.00. The minimum absolute atomic E-state index is 0.180. The highest BCUT2D eigenvalue weighted by Crippen LogP contribution is 2.30. The predicted octanol–water partition coefficient (Wildman–Crippen LogP) is 2.66. The monoisotopic (exact) mass is 262 g/mol. The summed E-state index contributed by atoms with van der Waals surface area (Å²) in [6.45, 7) is 0. The van der Waals surface area contributed by atoms with Crippen LogP contribution < -0.4 is 4.74 Å². The van der Waals surface area contributed by atoms with Crippen molar-refractivity contribution >= 4 is 15.9 Å². The van der Waals surface area contributed by atoms with Crippen LogP contribution in [0.15, 0.2) is 10.7 Å². The molecule has 0 atom stereocenters. The number of hydrogen-bond acceptors (Lipinski definition) is 3. The van der Waals surface area contributed by atoms with Crippen LogP contribution in [0.2, 0.25) is 0 Å². The van der Waals surface area contributed by atoms with Crippen LogP contribution >= 0.6 is 15.9 Å². The first-order valence-electron chi connectivity index (χ1n) is 3.52. The van der Waals surface area contributed by atoms with Crippen LogP contribution in [0.4, 0.5) is 8.78 Å². The highest BCUT2D eigenvalue weighted by Gasteiger charge is 2.17. The molecule has 0 aliphatic heterocycles. The number of nitriles is 1. The summed E-state index contributed by atoms with van der Waals surface area (Å²) < 4.78 is 29.8. The van der Waals surface area contributed by atoms with Gasteiger partial charge in [0.2, 0.25) is 0 Å². The molecule has 74 valence electrons. The lowest BCUT2D eigenvalue weighted by atomic mass is 10.2. The van der Waals surface area contributed by atoms with E-state index in [1.54, 1.807) is 6.07 Å². The number of hydrogen-bond donors (Lipinski definition) is 0. The molecule has 0 aliphatic carbocycles. The van der Waals surface area contributed by atoms with Crippen LogP contribution in [0.3, 0.4) is 0 Å². The molecule has 3 nitrogen and oxygen atoms in total. The molecule has 0 saturated carbocycles. The Morgan fingerprint density at radius 2 is 2.29 bits per heavy atom. The Morgan fingerprint density at radius 3 is 2.71 bits per heavy atom. The molecule has 1 heterocycles. The van der Waals surface area contributed by atoms with Gasteiger partial charge in [0.05, 0.1) is 12.7 Å². The van der Waals surface area contributed by atoms with Crippen molar-refractivity contribution in [1.82, 2.24) is 4.98 Å². The molecule has 0 saturated heterocycles. The number of ether oxygens (including phenoxy) is 1. The zero-order valence-corrected chi connectivity index (χ0v) is 8.68. The largest absolute Gasteiger partial charge is 0.494 e. The molecule has 0 aliphatic rings. The molecule has 0 fully saturated rings. The van der Waals surface area contributed by atoms with Crippen molar-refractivity contribution in [2.75, 3.05) is 7.11 Å². The van der Waals surface area contributed by atoms with E-state index < -0.39 is 12.0 Å². The predicted molar refractivity (Wildman–Crippen MR) is 48.2 cm³/mol. The third kappa shape index (κ3) is 1.99. The number of rotatable bonds is 2. The fraction of sp³-hybridized carbons (Fsp3) is 0.250. The van der Waals surface area contributed by atoms with E-state index in [-0.39, 0.29) is 16.0 Å². The van der Waals surface area contributed by atoms with E-state index in [0.29, 0.717) is 0 Å². The number of methoxy groups -OCH3 is 1. The minimum Gasteiger partial charge on any atom is -0.494 e. The lowest BCUT2D eigenvalue weighted by molar-refractivity contribution is 0.150. The molecule has 0 radical (unpaired) electrons. The number of pyridine rings is 1. The molecule has 0 amide bonds. The number of aromatic nitrogens is 1. The lowest BCUT2D eigenvalue weighted by Gasteiger charge is -2.06. The summed E-state index contributed by atoms with van der Waals surface area (Å²) in [5, 5.41) is 8.55. The summed E-state index contributed by atoms with van der Waals surface area (Å²) in [4.78, 5) is 3.63. The van der Waals surface area contributed by atoms with E-state index in [4.69, 9.17) is 10.00 Å². The second-order valence-electron chi connectivity index (χ2n) is 2.33.